The molecule has 1 N–H and O–H groups in total. The maximum absolute atomic E-state index is 12.2. The van der Waals surface area contributed by atoms with Gasteiger partial charge in [-0.05, 0) is 19.8 Å². The SMILES string of the molecule is CC1C(=O)NCCN1C(=O)C1CCOCC1. The quantitative estimate of drug-likeness (QED) is 0.671. The molecule has 1 unspecified atom stereocenters. The zero-order valence-electron chi connectivity index (χ0n) is 9.57. The first-order valence-corrected chi connectivity index (χ1v) is 5.86. The van der Waals surface area contributed by atoms with E-state index in [1.165, 1.54) is 0 Å². The summed E-state index contributed by atoms with van der Waals surface area (Å²) in [7, 11) is 0. The molecule has 2 aliphatic rings. The van der Waals surface area contributed by atoms with Crippen LogP contribution >= 0.6 is 0 Å². The van der Waals surface area contributed by atoms with Crippen LogP contribution in [0.4, 0.5) is 0 Å². The van der Waals surface area contributed by atoms with Crippen molar-refractivity contribution in [3.8, 4) is 0 Å². The van der Waals surface area contributed by atoms with E-state index >= 15 is 0 Å². The van der Waals surface area contributed by atoms with E-state index in [2.05, 4.69) is 5.32 Å². The van der Waals surface area contributed by atoms with Crippen molar-refractivity contribution in [1.82, 2.24) is 10.2 Å². The predicted octanol–water partition coefficient (Wildman–Crippen LogP) is -0.240. The van der Waals surface area contributed by atoms with Crippen LogP contribution in [0.15, 0.2) is 0 Å². The van der Waals surface area contributed by atoms with Crippen LogP contribution in [0.5, 0.6) is 0 Å². The van der Waals surface area contributed by atoms with Gasteiger partial charge in [0, 0.05) is 32.2 Å². The lowest BCUT2D eigenvalue weighted by atomic mass is 9.97. The largest absolute Gasteiger partial charge is 0.381 e. The first-order chi connectivity index (χ1) is 7.70. The molecule has 0 aromatic rings. The van der Waals surface area contributed by atoms with Crippen molar-refractivity contribution in [2.45, 2.75) is 25.8 Å². The van der Waals surface area contributed by atoms with Crippen LogP contribution in [-0.2, 0) is 14.3 Å². The van der Waals surface area contributed by atoms with Gasteiger partial charge in [0.2, 0.25) is 11.8 Å². The Morgan fingerprint density at radius 2 is 2.12 bits per heavy atom. The molecule has 5 nitrogen and oxygen atoms in total. The molecule has 0 bridgehead atoms. The number of rotatable bonds is 1. The molecular weight excluding hydrogens is 208 g/mol. The Morgan fingerprint density at radius 1 is 1.44 bits per heavy atom. The van der Waals surface area contributed by atoms with Gasteiger partial charge >= 0.3 is 0 Å². The second-order valence-electron chi connectivity index (χ2n) is 4.39. The smallest absolute Gasteiger partial charge is 0.242 e. The van der Waals surface area contributed by atoms with Crippen molar-refractivity contribution in [2.24, 2.45) is 5.92 Å². The minimum atomic E-state index is -0.330. The van der Waals surface area contributed by atoms with Gasteiger partial charge in [0.1, 0.15) is 6.04 Å². The molecule has 0 spiro atoms. The molecule has 0 aromatic carbocycles. The van der Waals surface area contributed by atoms with Crippen LogP contribution in [-0.4, -0.2) is 49.1 Å². The van der Waals surface area contributed by atoms with E-state index in [4.69, 9.17) is 4.74 Å². The minimum Gasteiger partial charge on any atom is -0.381 e. The Morgan fingerprint density at radius 3 is 2.81 bits per heavy atom. The molecule has 0 aliphatic carbocycles. The number of amides is 2. The molecular formula is C11H18N2O3. The van der Waals surface area contributed by atoms with Gasteiger partial charge in [-0.2, -0.15) is 0 Å². The third kappa shape index (κ3) is 2.19. The fourth-order valence-corrected chi connectivity index (χ4v) is 2.26. The Bertz CT molecular complexity index is 287. The summed E-state index contributed by atoms with van der Waals surface area (Å²) in [6, 6.07) is -0.330. The third-order valence-corrected chi connectivity index (χ3v) is 3.35. The van der Waals surface area contributed by atoms with Gasteiger partial charge in [-0.3, -0.25) is 9.59 Å². The van der Waals surface area contributed by atoms with E-state index < -0.39 is 0 Å². The number of ether oxygens (including phenoxy) is 1. The molecule has 0 saturated carbocycles. The lowest BCUT2D eigenvalue weighted by Gasteiger charge is -2.36. The monoisotopic (exact) mass is 226 g/mol. The summed E-state index contributed by atoms with van der Waals surface area (Å²) < 4.78 is 5.24. The fraction of sp³-hybridized carbons (Fsp3) is 0.818. The zero-order chi connectivity index (χ0) is 11.5. The molecule has 2 amide bonds. The Labute approximate surface area is 95.1 Å². The minimum absolute atomic E-state index is 0.0436. The summed E-state index contributed by atoms with van der Waals surface area (Å²) >= 11 is 0. The van der Waals surface area contributed by atoms with Crippen LogP contribution < -0.4 is 5.32 Å². The van der Waals surface area contributed by atoms with Crippen LogP contribution in [0.1, 0.15) is 19.8 Å². The number of nitrogens with zero attached hydrogens (tertiary/aromatic N) is 1. The van der Waals surface area contributed by atoms with E-state index in [0.717, 1.165) is 12.8 Å². The highest BCUT2D eigenvalue weighted by atomic mass is 16.5. The molecule has 1 atom stereocenters. The van der Waals surface area contributed by atoms with Crippen LogP contribution in [0.25, 0.3) is 0 Å². The summed E-state index contributed by atoms with van der Waals surface area (Å²) in [6.45, 7) is 4.29. The van der Waals surface area contributed by atoms with Crippen LogP contribution in [0, 0.1) is 5.92 Å². The molecule has 2 rings (SSSR count). The van der Waals surface area contributed by atoms with Crippen molar-refractivity contribution in [2.75, 3.05) is 26.3 Å². The third-order valence-electron chi connectivity index (χ3n) is 3.35. The average Bonchev–Trinajstić information content (AvgIpc) is 2.33. The highest BCUT2D eigenvalue weighted by Crippen LogP contribution is 2.19. The van der Waals surface area contributed by atoms with Gasteiger partial charge < -0.3 is 15.0 Å². The van der Waals surface area contributed by atoms with Crippen molar-refractivity contribution in [3.05, 3.63) is 0 Å². The molecule has 2 fully saturated rings. The van der Waals surface area contributed by atoms with Gasteiger partial charge in [0.05, 0.1) is 0 Å². The van der Waals surface area contributed by atoms with Crippen LogP contribution in [0.3, 0.4) is 0 Å². The standard InChI is InChI=1S/C11H18N2O3/c1-8-10(14)12-4-5-13(8)11(15)9-2-6-16-7-3-9/h8-9H,2-7H2,1H3,(H,12,14). The van der Waals surface area contributed by atoms with Gasteiger partial charge in [-0.1, -0.05) is 0 Å². The lowest BCUT2D eigenvalue weighted by Crippen LogP contribution is -2.57. The molecule has 16 heavy (non-hydrogen) atoms. The maximum Gasteiger partial charge on any atom is 0.242 e. The van der Waals surface area contributed by atoms with Crippen molar-refractivity contribution >= 4 is 11.8 Å². The van der Waals surface area contributed by atoms with E-state index in [-0.39, 0.29) is 23.8 Å². The molecule has 0 radical (unpaired) electrons. The Balaban J connectivity index is 1.99. The first kappa shape index (κ1) is 11.4. The van der Waals surface area contributed by atoms with E-state index in [1.807, 2.05) is 0 Å². The topological polar surface area (TPSA) is 58.6 Å². The first-order valence-electron chi connectivity index (χ1n) is 5.86. The maximum atomic E-state index is 12.2. The molecule has 2 aliphatic heterocycles. The van der Waals surface area contributed by atoms with Gasteiger partial charge in [0.15, 0.2) is 0 Å². The normalized spacial score (nSPS) is 27.7. The summed E-state index contributed by atoms with van der Waals surface area (Å²) in [6.07, 6.45) is 1.56. The molecule has 5 heteroatoms. The highest BCUT2D eigenvalue weighted by Gasteiger charge is 2.33. The number of carbonyl (C=O) groups excluding carboxylic acids is 2. The molecule has 2 heterocycles. The molecule has 2 saturated heterocycles. The summed E-state index contributed by atoms with van der Waals surface area (Å²) in [4.78, 5) is 25.4. The number of nitrogens with one attached hydrogen (secondary N) is 1. The van der Waals surface area contributed by atoms with Gasteiger partial charge in [0.25, 0.3) is 0 Å². The molecule has 90 valence electrons. The summed E-state index contributed by atoms with van der Waals surface area (Å²) in [5.41, 5.74) is 0. The van der Waals surface area contributed by atoms with E-state index in [9.17, 15) is 9.59 Å². The highest BCUT2D eigenvalue weighted by molar-refractivity contribution is 5.89. The number of hydrogen-bond donors (Lipinski definition) is 1. The lowest BCUT2D eigenvalue weighted by molar-refractivity contribution is -0.147. The Kier molecular flexibility index (Phi) is 3.43. The number of carbonyl (C=O) groups is 2. The van der Waals surface area contributed by atoms with Crippen molar-refractivity contribution in [3.63, 3.8) is 0 Å². The zero-order valence-corrected chi connectivity index (χ0v) is 9.57. The number of hydrogen-bond acceptors (Lipinski definition) is 3. The number of piperazine rings is 1. The van der Waals surface area contributed by atoms with Gasteiger partial charge in [-0.15, -0.1) is 0 Å². The Hall–Kier alpha value is -1.10. The molecule has 0 aromatic heterocycles. The average molecular weight is 226 g/mol. The summed E-state index contributed by atoms with van der Waals surface area (Å²) in [5.74, 6) is 0.111. The predicted molar refractivity (Wildman–Crippen MR) is 57.7 cm³/mol. The van der Waals surface area contributed by atoms with E-state index in [0.29, 0.717) is 26.3 Å². The van der Waals surface area contributed by atoms with Crippen LogP contribution in [0.2, 0.25) is 0 Å². The van der Waals surface area contributed by atoms with Crippen molar-refractivity contribution in [1.29, 1.82) is 0 Å². The fourth-order valence-electron chi connectivity index (χ4n) is 2.26. The summed E-state index contributed by atoms with van der Waals surface area (Å²) in [5, 5.41) is 2.76. The second kappa shape index (κ2) is 4.82. The van der Waals surface area contributed by atoms with Crippen molar-refractivity contribution < 1.29 is 14.3 Å². The van der Waals surface area contributed by atoms with E-state index in [1.54, 1.807) is 11.8 Å². The van der Waals surface area contributed by atoms with Gasteiger partial charge in [-0.25, -0.2) is 0 Å². The second-order valence-corrected chi connectivity index (χ2v) is 4.39.